The van der Waals surface area contributed by atoms with E-state index in [2.05, 4.69) is 15.8 Å². The number of hydrogen-bond donors (Lipinski definition) is 2. The van der Waals surface area contributed by atoms with E-state index >= 15 is 0 Å². The van der Waals surface area contributed by atoms with Crippen LogP contribution in [0.3, 0.4) is 0 Å². The Morgan fingerprint density at radius 3 is 2.89 bits per heavy atom. The molecule has 1 amide bonds. The zero-order valence-electron chi connectivity index (χ0n) is 10.4. The molecule has 0 atom stereocenters. The highest BCUT2D eigenvalue weighted by Gasteiger charge is 2.11. The summed E-state index contributed by atoms with van der Waals surface area (Å²) in [6.45, 7) is 2.53. The third-order valence-corrected chi connectivity index (χ3v) is 2.42. The van der Waals surface area contributed by atoms with Crippen LogP contribution in [0.4, 0.5) is 5.69 Å². The van der Waals surface area contributed by atoms with E-state index in [4.69, 9.17) is 4.52 Å². The van der Waals surface area contributed by atoms with Crippen LogP contribution < -0.4 is 10.6 Å². The van der Waals surface area contributed by atoms with Crippen molar-refractivity contribution in [1.82, 2.24) is 10.5 Å². The van der Waals surface area contributed by atoms with Gasteiger partial charge in [-0.15, -0.1) is 0 Å². The molecule has 2 N–H and O–H groups in total. The zero-order valence-corrected chi connectivity index (χ0v) is 10.4. The lowest BCUT2D eigenvalue weighted by Gasteiger charge is -2.05. The number of carbonyl (C=O) groups excluding carboxylic acids is 1. The summed E-state index contributed by atoms with van der Waals surface area (Å²) >= 11 is 0. The van der Waals surface area contributed by atoms with Crippen molar-refractivity contribution < 1.29 is 9.32 Å². The molecule has 5 nitrogen and oxygen atoms in total. The maximum Gasteiger partial charge on any atom is 0.294 e. The van der Waals surface area contributed by atoms with E-state index in [-0.39, 0.29) is 11.7 Å². The number of hydrogen-bond acceptors (Lipinski definition) is 4. The van der Waals surface area contributed by atoms with E-state index in [1.807, 2.05) is 31.3 Å². The van der Waals surface area contributed by atoms with Crippen LogP contribution in [0, 0.1) is 6.92 Å². The molecule has 94 valence electrons. The van der Waals surface area contributed by atoms with Gasteiger partial charge < -0.3 is 15.2 Å². The number of aromatic nitrogens is 1. The van der Waals surface area contributed by atoms with Crippen LogP contribution in [-0.2, 0) is 6.54 Å². The first-order chi connectivity index (χ1) is 8.69. The second-order valence-corrected chi connectivity index (χ2v) is 4.02. The number of carbonyl (C=O) groups is 1. The lowest BCUT2D eigenvalue weighted by Crippen LogP contribution is -2.11. The average Bonchev–Trinajstić information content (AvgIpc) is 2.77. The molecule has 5 heteroatoms. The van der Waals surface area contributed by atoms with Gasteiger partial charge in [0.05, 0.1) is 5.69 Å². The van der Waals surface area contributed by atoms with Gasteiger partial charge in [0.1, 0.15) is 0 Å². The molecule has 1 aromatic heterocycles. The van der Waals surface area contributed by atoms with E-state index in [1.54, 1.807) is 13.0 Å². The van der Waals surface area contributed by atoms with Crippen molar-refractivity contribution in [2.45, 2.75) is 13.5 Å². The number of anilines is 1. The Bertz CT molecular complexity index is 549. The lowest BCUT2D eigenvalue weighted by atomic mass is 10.2. The van der Waals surface area contributed by atoms with Crippen molar-refractivity contribution in [2.75, 3.05) is 12.4 Å². The number of rotatable bonds is 4. The predicted molar refractivity (Wildman–Crippen MR) is 68.4 cm³/mol. The predicted octanol–water partition coefficient (Wildman–Crippen LogP) is 1.95. The summed E-state index contributed by atoms with van der Waals surface area (Å²) in [6.07, 6.45) is 0. The minimum atomic E-state index is -0.294. The highest BCUT2D eigenvalue weighted by atomic mass is 16.5. The van der Waals surface area contributed by atoms with Crippen LogP contribution in [0.5, 0.6) is 0 Å². The maximum absolute atomic E-state index is 11.8. The SMILES string of the molecule is CNCc1cccc(NC(=O)c2cc(C)no2)c1. The molecule has 18 heavy (non-hydrogen) atoms. The molecule has 0 bridgehead atoms. The van der Waals surface area contributed by atoms with Gasteiger partial charge in [-0.1, -0.05) is 17.3 Å². The van der Waals surface area contributed by atoms with Crippen molar-refractivity contribution in [2.24, 2.45) is 0 Å². The zero-order chi connectivity index (χ0) is 13.0. The fourth-order valence-electron chi connectivity index (χ4n) is 1.63. The Morgan fingerprint density at radius 1 is 1.39 bits per heavy atom. The molecule has 0 aliphatic rings. The number of nitrogens with zero attached hydrogens (tertiary/aromatic N) is 1. The second-order valence-electron chi connectivity index (χ2n) is 4.02. The molecule has 0 aliphatic carbocycles. The Morgan fingerprint density at radius 2 is 2.22 bits per heavy atom. The van der Waals surface area contributed by atoms with Crippen LogP contribution >= 0.6 is 0 Å². The Kier molecular flexibility index (Phi) is 3.74. The number of amides is 1. The van der Waals surface area contributed by atoms with Crippen molar-refractivity contribution in [3.05, 3.63) is 47.3 Å². The Hall–Kier alpha value is -2.14. The molecule has 0 saturated carbocycles. The average molecular weight is 245 g/mol. The molecule has 0 spiro atoms. The van der Waals surface area contributed by atoms with Crippen LogP contribution in [0.2, 0.25) is 0 Å². The number of benzene rings is 1. The summed E-state index contributed by atoms with van der Waals surface area (Å²) in [5, 5.41) is 9.51. The van der Waals surface area contributed by atoms with Gasteiger partial charge in [0, 0.05) is 18.3 Å². The van der Waals surface area contributed by atoms with Crippen molar-refractivity contribution in [3.63, 3.8) is 0 Å². The Balaban J connectivity index is 2.09. The maximum atomic E-state index is 11.8. The second kappa shape index (κ2) is 5.46. The summed E-state index contributed by atoms with van der Waals surface area (Å²) in [6, 6.07) is 9.24. The quantitative estimate of drug-likeness (QED) is 0.864. The standard InChI is InChI=1S/C13H15N3O2/c1-9-6-12(18-16-9)13(17)15-11-5-3-4-10(7-11)8-14-2/h3-7,14H,8H2,1-2H3,(H,15,17). The number of aryl methyl sites for hydroxylation is 1. The van der Waals surface area contributed by atoms with E-state index in [9.17, 15) is 4.79 Å². The van der Waals surface area contributed by atoms with Gasteiger partial charge in [0.25, 0.3) is 5.91 Å². The molecule has 0 saturated heterocycles. The molecule has 1 aromatic carbocycles. The molecule has 0 radical (unpaired) electrons. The van der Waals surface area contributed by atoms with E-state index in [1.165, 1.54) is 0 Å². The highest BCUT2D eigenvalue weighted by molar-refractivity contribution is 6.02. The topological polar surface area (TPSA) is 67.2 Å². The van der Waals surface area contributed by atoms with Crippen LogP contribution in [0.15, 0.2) is 34.9 Å². The fourth-order valence-corrected chi connectivity index (χ4v) is 1.63. The molecule has 1 heterocycles. The van der Waals surface area contributed by atoms with E-state index in [0.717, 1.165) is 17.8 Å². The summed E-state index contributed by atoms with van der Waals surface area (Å²) in [5.74, 6) is -0.0799. The first-order valence-electron chi connectivity index (χ1n) is 5.67. The molecule has 2 rings (SSSR count). The number of nitrogens with one attached hydrogen (secondary N) is 2. The largest absolute Gasteiger partial charge is 0.351 e. The van der Waals surface area contributed by atoms with Gasteiger partial charge in [0.15, 0.2) is 0 Å². The van der Waals surface area contributed by atoms with Crippen molar-refractivity contribution in [3.8, 4) is 0 Å². The summed E-state index contributed by atoms with van der Waals surface area (Å²) in [7, 11) is 1.88. The molecule has 0 unspecified atom stereocenters. The summed E-state index contributed by atoms with van der Waals surface area (Å²) in [5.41, 5.74) is 2.52. The molecular weight excluding hydrogens is 230 g/mol. The van der Waals surface area contributed by atoms with Crippen LogP contribution in [0.25, 0.3) is 0 Å². The molecular formula is C13H15N3O2. The Labute approximate surface area is 105 Å². The van der Waals surface area contributed by atoms with E-state index < -0.39 is 0 Å². The van der Waals surface area contributed by atoms with Crippen molar-refractivity contribution in [1.29, 1.82) is 0 Å². The molecule has 0 aliphatic heterocycles. The monoisotopic (exact) mass is 245 g/mol. The first-order valence-corrected chi connectivity index (χ1v) is 5.67. The van der Waals surface area contributed by atoms with Gasteiger partial charge in [-0.05, 0) is 31.7 Å². The minimum absolute atomic E-state index is 0.214. The van der Waals surface area contributed by atoms with Gasteiger partial charge >= 0.3 is 0 Å². The van der Waals surface area contributed by atoms with Gasteiger partial charge in [0.2, 0.25) is 5.76 Å². The fraction of sp³-hybridized carbons (Fsp3) is 0.231. The summed E-state index contributed by atoms with van der Waals surface area (Å²) < 4.78 is 4.90. The molecule has 2 aromatic rings. The molecule has 0 fully saturated rings. The third-order valence-electron chi connectivity index (χ3n) is 2.42. The smallest absolute Gasteiger partial charge is 0.294 e. The van der Waals surface area contributed by atoms with Gasteiger partial charge in [-0.25, -0.2) is 0 Å². The highest BCUT2D eigenvalue weighted by Crippen LogP contribution is 2.12. The lowest BCUT2D eigenvalue weighted by molar-refractivity contribution is 0.0988. The minimum Gasteiger partial charge on any atom is -0.351 e. The van der Waals surface area contributed by atoms with Gasteiger partial charge in [-0.2, -0.15) is 0 Å². The van der Waals surface area contributed by atoms with Crippen molar-refractivity contribution >= 4 is 11.6 Å². The van der Waals surface area contributed by atoms with Crippen LogP contribution in [0.1, 0.15) is 21.8 Å². The first kappa shape index (κ1) is 12.3. The summed E-state index contributed by atoms with van der Waals surface area (Å²) in [4.78, 5) is 11.8. The van der Waals surface area contributed by atoms with E-state index in [0.29, 0.717) is 5.69 Å². The third kappa shape index (κ3) is 2.95. The van der Waals surface area contributed by atoms with Crippen LogP contribution in [-0.4, -0.2) is 18.1 Å². The normalized spacial score (nSPS) is 10.3. The van der Waals surface area contributed by atoms with Gasteiger partial charge in [-0.3, -0.25) is 4.79 Å².